The lowest BCUT2D eigenvalue weighted by atomic mass is 10.1. The first-order valence-corrected chi connectivity index (χ1v) is 11.0. The molecule has 2 aromatic carbocycles. The van der Waals surface area contributed by atoms with E-state index in [0.717, 1.165) is 35.4 Å². The second-order valence-electron chi connectivity index (χ2n) is 8.36. The minimum absolute atomic E-state index is 0.0335. The summed E-state index contributed by atoms with van der Waals surface area (Å²) in [6.07, 6.45) is 5.70. The lowest BCUT2D eigenvalue weighted by Gasteiger charge is -2.21. The van der Waals surface area contributed by atoms with E-state index >= 15 is 0 Å². The molecule has 0 aliphatic carbocycles. The third-order valence-corrected chi connectivity index (χ3v) is 5.32. The number of aliphatic carboxylic acids is 1. The number of carboxylic acid groups (broad SMARTS) is 1. The summed E-state index contributed by atoms with van der Waals surface area (Å²) in [4.78, 5) is 15.9. The number of carbonyl (C=O) groups is 1. The largest absolute Gasteiger partial charge is 0.478 e. The molecule has 0 spiro atoms. The molecule has 2 N–H and O–H groups in total. The van der Waals surface area contributed by atoms with Crippen molar-refractivity contribution in [3.05, 3.63) is 60.0 Å². The molecule has 0 saturated carbocycles. The average Bonchev–Trinajstić information content (AvgIpc) is 3.18. The molecular weight excluding hydrogens is 392 g/mol. The Morgan fingerprint density at radius 2 is 1.87 bits per heavy atom. The number of benzene rings is 2. The lowest BCUT2D eigenvalue weighted by molar-refractivity contribution is -0.152. The Morgan fingerprint density at radius 1 is 1.13 bits per heavy atom. The molecule has 166 valence electrons. The fourth-order valence-electron chi connectivity index (χ4n) is 3.38. The smallest absolute Gasteiger partial charge is 0.347 e. The molecule has 0 aliphatic rings. The van der Waals surface area contributed by atoms with Gasteiger partial charge >= 0.3 is 5.97 Å². The van der Waals surface area contributed by atoms with Crippen LogP contribution in [0.2, 0.25) is 0 Å². The maximum Gasteiger partial charge on any atom is 0.347 e. The van der Waals surface area contributed by atoms with Gasteiger partial charge in [-0.15, -0.1) is 0 Å². The van der Waals surface area contributed by atoms with Gasteiger partial charge in [-0.1, -0.05) is 56.9 Å². The second kappa shape index (κ2) is 10.4. The van der Waals surface area contributed by atoms with Crippen molar-refractivity contribution in [3.8, 4) is 5.75 Å². The minimum atomic E-state index is -1.27. The number of hydrogen-bond donors (Lipinski definition) is 2. The zero-order valence-corrected chi connectivity index (χ0v) is 18.6. The van der Waals surface area contributed by atoms with Crippen LogP contribution in [-0.2, 0) is 11.3 Å². The van der Waals surface area contributed by atoms with E-state index < -0.39 is 11.6 Å². The van der Waals surface area contributed by atoms with E-state index in [0.29, 0.717) is 12.3 Å². The van der Waals surface area contributed by atoms with Crippen LogP contribution in [0.25, 0.3) is 11.1 Å². The van der Waals surface area contributed by atoms with Crippen LogP contribution < -0.4 is 10.1 Å². The predicted octanol–water partition coefficient (Wildman–Crippen LogP) is 5.87. The van der Waals surface area contributed by atoms with Gasteiger partial charge in [-0.05, 0) is 50.1 Å². The van der Waals surface area contributed by atoms with Crippen molar-refractivity contribution in [2.24, 2.45) is 0 Å². The Hall–Kier alpha value is -2.86. The van der Waals surface area contributed by atoms with E-state index in [-0.39, 0.29) is 6.04 Å². The Balaban J connectivity index is 1.66. The second-order valence-corrected chi connectivity index (χ2v) is 8.36. The van der Waals surface area contributed by atoms with Gasteiger partial charge in [0.2, 0.25) is 5.89 Å². The van der Waals surface area contributed by atoms with Crippen molar-refractivity contribution in [2.45, 2.75) is 71.1 Å². The fourth-order valence-corrected chi connectivity index (χ4v) is 3.38. The van der Waals surface area contributed by atoms with Crippen LogP contribution in [0.3, 0.4) is 0 Å². The van der Waals surface area contributed by atoms with E-state index in [1.54, 1.807) is 12.1 Å². The maximum atomic E-state index is 11.2. The first kappa shape index (κ1) is 22.8. The summed E-state index contributed by atoms with van der Waals surface area (Å²) in [5, 5.41) is 12.8. The maximum absolute atomic E-state index is 11.2. The number of para-hydroxylation sites is 2. The van der Waals surface area contributed by atoms with Crippen LogP contribution in [-0.4, -0.2) is 21.7 Å². The molecule has 0 aliphatic heterocycles. The molecule has 0 bridgehead atoms. The molecule has 1 unspecified atom stereocenters. The molecular formula is C25H32N2O4. The molecule has 0 fully saturated rings. The molecule has 1 heterocycles. The van der Waals surface area contributed by atoms with Gasteiger partial charge < -0.3 is 19.6 Å². The number of nitrogens with one attached hydrogen (secondary N) is 1. The summed E-state index contributed by atoms with van der Waals surface area (Å²) in [6, 6.07) is 15.4. The van der Waals surface area contributed by atoms with Crippen molar-refractivity contribution in [3.63, 3.8) is 0 Å². The van der Waals surface area contributed by atoms with Gasteiger partial charge in [0.05, 0.1) is 6.04 Å². The number of oxazole rings is 1. The minimum Gasteiger partial charge on any atom is -0.478 e. The van der Waals surface area contributed by atoms with Crippen LogP contribution in [0.1, 0.15) is 70.4 Å². The molecule has 0 saturated heterocycles. The molecule has 1 atom stereocenters. The van der Waals surface area contributed by atoms with Crippen molar-refractivity contribution < 1.29 is 19.1 Å². The summed E-state index contributed by atoms with van der Waals surface area (Å²) >= 11 is 0. The third kappa shape index (κ3) is 6.31. The Kier molecular flexibility index (Phi) is 7.69. The van der Waals surface area contributed by atoms with E-state index in [9.17, 15) is 9.90 Å². The highest BCUT2D eigenvalue weighted by Gasteiger charge is 2.29. The number of fused-ring (bicyclic) bond motifs is 1. The summed E-state index contributed by atoms with van der Waals surface area (Å²) in [6.45, 7) is 5.93. The lowest BCUT2D eigenvalue weighted by Crippen LogP contribution is -2.37. The summed E-state index contributed by atoms with van der Waals surface area (Å²) < 4.78 is 11.6. The summed E-state index contributed by atoms with van der Waals surface area (Å²) in [5.41, 5.74) is 1.49. The van der Waals surface area contributed by atoms with Crippen LogP contribution in [0.4, 0.5) is 0 Å². The average molecular weight is 425 g/mol. The van der Waals surface area contributed by atoms with Gasteiger partial charge in [-0.3, -0.25) is 0 Å². The normalized spacial score (nSPS) is 12.7. The number of hydrogen-bond acceptors (Lipinski definition) is 5. The zero-order valence-electron chi connectivity index (χ0n) is 18.6. The van der Waals surface area contributed by atoms with Gasteiger partial charge in [0, 0.05) is 6.54 Å². The number of carboxylic acids is 1. The highest BCUT2D eigenvalue weighted by Crippen LogP contribution is 2.25. The van der Waals surface area contributed by atoms with Crippen LogP contribution in [0, 0.1) is 0 Å². The number of aromatic nitrogens is 1. The molecule has 0 radical (unpaired) electrons. The third-order valence-electron chi connectivity index (χ3n) is 5.32. The topological polar surface area (TPSA) is 84.6 Å². The quantitative estimate of drug-likeness (QED) is 0.354. The standard InChI is InChI=1S/C25H32N2O4/c1-4-5-6-7-11-21(23-27-20-10-8-9-12-22(20)30-23)26-17-18-13-15-19(16-14-18)31-25(2,3)24(28)29/h8-10,12-16,21,26H,4-7,11,17H2,1-3H3,(H,28,29). The van der Waals surface area contributed by atoms with Crippen molar-refractivity contribution in [1.29, 1.82) is 0 Å². The number of rotatable bonds is 12. The fraction of sp³-hybridized carbons (Fsp3) is 0.440. The molecule has 6 nitrogen and oxygen atoms in total. The number of nitrogens with zero attached hydrogens (tertiary/aromatic N) is 1. The van der Waals surface area contributed by atoms with E-state index in [2.05, 4.69) is 12.2 Å². The van der Waals surface area contributed by atoms with Gasteiger partial charge in [-0.25, -0.2) is 9.78 Å². The molecule has 1 aromatic heterocycles. The van der Waals surface area contributed by atoms with E-state index in [4.69, 9.17) is 14.1 Å². The van der Waals surface area contributed by atoms with Crippen LogP contribution >= 0.6 is 0 Å². The highest BCUT2D eigenvalue weighted by atomic mass is 16.5. The molecule has 3 aromatic rings. The van der Waals surface area contributed by atoms with Gasteiger partial charge in [0.15, 0.2) is 11.2 Å². The first-order valence-electron chi connectivity index (χ1n) is 11.0. The molecule has 3 rings (SSSR count). The van der Waals surface area contributed by atoms with Crippen molar-refractivity contribution >= 4 is 17.1 Å². The van der Waals surface area contributed by atoms with Crippen molar-refractivity contribution in [1.82, 2.24) is 10.3 Å². The Morgan fingerprint density at radius 3 is 2.55 bits per heavy atom. The number of unbranched alkanes of at least 4 members (excludes halogenated alkanes) is 3. The monoisotopic (exact) mass is 424 g/mol. The van der Waals surface area contributed by atoms with Crippen LogP contribution in [0.15, 0.2) is 52.9 Å². The van der Waals surface area contributed by atoms with Gasteiger partial charge in [-0.2, -0.15) is 0 Å². The number of ether oxygens (including phenoxy) is 1. The Bertz CT molecular complexity index is 946. The van der Waals surface area contributed by atoms with Crippen molar-refractivity contribution in [2.75, 3.05) is 0 Å². The predicted molar refractivity (Wildman–Crippen MR) is 121 cm³/mol. The van der Waals surface area contributed by atoms with E-state index in [1.165, 1.54) is 33.1 Å². The summed E-state index contributed by atoms with van der Waals surface area (Å²) in [5.74, 6) is 0.259. The highest BCUT2D eigenvalue weighted by molar-refractivity contribution is 5.76. The first-order chi connectivity index (χ1) is 14.9. The summed E-state index contributed by atoms with van der Waals surface area (Å²) in [7, 11) is 0. The Labute approximate surface area is 183 Å². The van der Waals surface area contributed by atoms with Gasteiger partial charge in [0.1, 0.15) is 11.3 Å². The molecule has 31 heavy (non-hydrogen) atoms. The molecule has 0 amide bonds. The zero-order chi connectivity index (χ0) is 22.3. The SMILES string of the molecule is CCCCCCC(NCc1ccc(OC(C)(C)C(=O)O)cc1)c1nc2ccccc2o1. The molecule has 6 heteroatoms. The van der Waals surface area contributed by atoms with E-state index in [1.807, 2.05) is 36.4 Å². The van der Waals surface area contributed by atoms with Crippen LogP contribution in [0.5, 0.6) is 5.75 Å². The van der Waals surface area contributed by atoms with Gasteiger partial charge in [0.25, 0.3) is 0 Å².